The number of piperidine rings is 1. The molecule has 3 rings (SSSR count). The van der Waals surface area contributed by atoms with E-state index in [0.717, 1.165) is 24.6 Å². The average molecular weight is 191 g/mol. The minimum atomic E-state index is -0.0607. The Labute approximate surface area is 83.3 Å². The highest BCUT2D eigenvalue weighted by atomic mass is 19.1. The lowest BCUT2D eigenvalue weighted by molar-refractivity contribution is 0.606. The van der Waals surface area contributed by atoms with Crippen LogP contribution < -0.4 is 5.32 Å². The SMILES string of the molecule is Cc1ccc([C@]23CNC[C@@H]2C3)cc1F. The summed E-state index contributed by atoms with van der Waals surface area (Å²) in [5.74, 6) is 0.694. The van der Waals surface area contributed by atoms with Gasteiger partial charge in [0.2, 0.25) is 0 Å². The van der Waals surface area contributed by atoms with Gasteiger partial charge in [-0.25, -0.2) is 4.39 Å². The summed E-state index contributed by atoms with van der Waals surface area (Å²) in [4.78, 5) is 0. The Kier molecular flexibility index (Phi) is 1.55. The van der Waals surface area contributed by atoms with Crippen LogP contribution in [0.15, 0.2) is 18.2 Å². The molecule has 0 amide bonds. The lowest BCUT2D eigenvalue weighted by Gasteiger charge is -2.12. The summed E-state index contributed by atoms with van der Waals surface area (Å²) in [6.07, 6.45) is 1.24. The minimum Gasteiger partial charge on any atom is -0.316 e. The number of fused-ring (bicyclic) bond motifs is 1. The molecule has 2 atom stereocenters. The number of rotatable bonds is 1. The predicted octanol–water partition coefficient (Wildman–Crippen LogP) is 2.00. The average Bonchev–Trinajstić information content (AvgIpc) is 2.75. The highest BCUT2D eigenvalue weighted by Crippen LogP contribution is 2.56. The summed E-state index contributed by atoms with van der Waals surface area (Å²) in [7, 11) is 0. The van der Waals surface area contributed by atoms with Gasteiger partial charge in [0.05, 0.1) is 0 Å². The Morgan fingerprint density at radius 2 is 2.36 bits per heavy atom. The van der Waals surface area contributed by atoms with E-state index in [2.05, 4.69) is 11.4 Å². The summed E-state index contributed by atoms with van der Waals surface area (Å²) in [6, 6.07) is 5.71. The van der Waals surface area contributed by atoms with Gasteiger partial charge in [0.1, 0.15) is 5.82 Å². The van der Waals surface area contributed by atoms with Gasteiger partial charge in [-0.1, -0.05) is 12.1 Å². The highest BCUT2D eigenvalue weighted by molar-refractivity contribution is 5.38. The molecule has 14 heavy (non-hydrogen) atoms. The summed E-state index contributed by atoms with van der Waals surface area (Å²) in [6.45, 7) is 3.95. The maximum absolute atomic E-state index is 13.4. The maximum Gasteiger partial charge on any atom is 0.126 e. The topological polar surface area (TPSA) is 12.0 Å². The molecule has 0 unspecified atom stereocenters. The van der Waals surface area contributed by atoms with E-state index < -0.39 is 0 Å². The Hall–Kier alpha value is -0.890. The summed E-state index contributed by atoms with van der Waals surface area (Å²) in [5, 5.41) is 3.37. The molecular weight excluding hydrogens is 177 g/mol. The monoisotopic (exact) mass is 191 g/mol. The van der Waals surface area contributed by atoms with E-state index in [0.29, 0.717) is 0 Å². The van der Waals surface area contributed by atoms with Crippen LogP contribution in [0.5, 0.6) is 0 Å². The fraction of sp³-hybridized carbons (Fsp3) is 0.500. The fourth-order valence-electron chi connectivity index (χ4n) is 2.69. The predicted molar refractivity (Wildman–Crippen MR) is 53.8 cm³/mol. The molecular formula is C12H14FN. The largest absolute Gasteiger partial charge is 0.316 e. The van der Waals surface area contributed by atoms with Crippen LogP contribution >= 0.6 is 0 Å². The molecule has 1 aromatic rings. The van der Waals surface area contributed by atoms with Crippen molar-refractivity contribution in [3.05, 3.63) is 35.1 Å². The van der Waals surface area contributed by atoms with E-state index in [1.807, 2.05) is 13.0 Å². The molecule has 2 fully saturated rings. The first-order valence-corrected chi connectivity index (χ1v) is 5.20. The van der Waals surface area contributed by atoms with Crippen LogP contribution in [0.1, 0.15) is 17.5 Å². The van der Waals surface area contributed by atoms with Crippen molar-refractivity contribution in [2.75, 3.05) is 13.1 Å². The lowest BCUT2D eigenvalue weighted by Crippen LogP contribution is -2.19. The minimum absolute atomic E-state index is 0.0607. The first-order valence-electron chi connectivity index (χ1n) is 5.20. The van der Waals surface area contributed by atoms with E-state index in [-0.39, 0.29) is 11.2 Å². The molecule has 1 aromatic carbocycles. The molecule has 0 aromatic heterocycles. The Morgan fingerprint density at radius 1 is 1.50 bits per heavy atom. The van der Waals surface area contributed by atoms with Crippen LogP contribution in [-0.2, 0) is 5.41 Å². The number of hydrogen-bond donors (Lipinski definition) is 1. The molecule has 1 N–H and O–H groups in total. The molecule has 1 heterocycles. The third-order valence-corrected chi connectivity index (χ3v) is 3.81. The second-order valence-electron chi connectivity index (χ2n) is 4.65. The van der Waals surface area contributed by atoms with Gasteiger partial charge in [-0.15, -0.1) is 0 Å². The molecule has 1 nitrogen and oxygen atoms in total. The van der Waals surface area contributed by atoms with Crippen LogP contribution in [0.2, 0.25) is 0 Å². The quantitative estimate of drug-likeness (QED) is 0.716. The van der Waals surface area contributed by atoms with Gasteiger partial charge in [0.25, 0.3) is 0 Å². The first kappa shape index (κ1) is 8.42. The molecule has 1 aliphatic carbocycles. The van der Waals surface area contributed by atoms with Gasteiger partial charge in [0, 0.05) is 12.0 Å². The van der Waals surface area contributed by atoms with Crippen molar-refractivity contribution in [3.63, 3.8) is 0 Å². The number of aryl methyl sites for hydroxylation is 1. The van der Waals surface area contributed by atoms with Gasteiger partial charge in [0.15, 0.2) is 0 Å². The number of nitrogens with one attached hydrogen (secondary N) is 1. The fourth-order valence-corrected chi connectivity index (χ4v) is 2.69. The van der Waals surface area contributed by atoms with Gasteiger partial charge in [-0.05, 0) is 43.0 Å². The van der Waals surface area contributed by atoms with Crippen LogP contribution in [0.4, 0.5) is 4.39 Å². The van der Waals surface area contributed by atoms with E-state index in [4.69, 9.17) is 0 Å². The third kappa shape index (κ3) is 0.976. The maximum atomic E-state index is 13.4. The third-order valence-electron chi connectivity index (χ3n) is 3.81. The molecule has 0 spiro atoms. The van der Waals surface area contributed by atoms with Gasteiger partial charge < -0.3 is 5.32 Å². The van der Waals surface area contributed by atoms with Gasteiger partial charge in [-0.3, -0.25) is 0 Å². The van der Waals surface area contributed by atoms with Crippen molar-refractivity contribution in [2.24, 2.45) is 5.92 Å². The van der Waals surface area contributed by atoms with Crippen LogP contribution in [0, 0.1) is 18.7 Å². The number of halogens is 1. The van der Waals surface area contributed by atoms with Crippen LogP contribution in [-0.4, -0.2) is 13.1 Å². The second-order valence-corrected chi connectivity index (χ2v) is 4.65. The molecule has 2 aliphatic rings. The second kappa shape index (κ2) is 2.57. The van der Waals surface area contributed by atoms with Crippen molar-refractivity contribution in [2.45, 2.75) is 18.8 Å². The van der Waals surface area contributed by atoms with E-state index in [9.17, 15) is 4.39 Å². The summed E-state index contributed by atoms with van der Waals surface area (Å²) >= 11 is 0. The molecule has 2 heteroatoms. The molecule has 1 saturated heterocycles. The van der Waals surface area contributed by atoms with Crippen molar-refractivity contribution in [1.82, 2.24) is 5.32 Å². The highest BCUT2D eigenvalue weighted by Gasteiger charge is 2.58. The van der Waals surface area contributed by atoms with Crippen molar-refractivity contribution in [1.29, 1.82) is 0 Å². The zero-order chi connectivity index (χ0) is 9.76. The summed E-state index contributed by atoms with van der Waals surface area (Å²) in [5.41, 5.74) is 2.22. The van der Waals surface area contributed by atoms with Crippen LogP contribution in [0.3, 0.4) is 0 Å². The zero-order valence-corrected chi connectivity index (χ0v) is 8.31. The molecule has 1 aliphatic heterocycles. The standard InChI is InChI=1S/C12H14FN/c1-8-2-3-9(4-11(8)13)12-5-10(12)6-14-7-12/h2-4,10,14H,5-7H2,1H3/t10-,12-/m0/s1. The number of hydrogen-bond acceptors (Lipinski definition) is 1. The van der Waals surface area contributed by atoms with Crippen molar-refractivity contribution < 1.29 is 4.39 Å². The molecule has 74 valence electrons. The first-order chi connectivity index (χ1) is 6.72. The normalized spacial score (nSPS) is 34.3. The van der Waals surface area contributed by atoms with Crippen molar-refractivity contribution in [3.8, 4) is 0 Å². The Morgan fingerprint density at radius 3 is 2.93 bits per heavy atom. The molecule has 0 bridgehead atoms. The molecule has 1 saturated carbocycles. The Balaban J connectivity index is 2.01. The van der Waals surface area contributed by atoms with Gasteiger partial charge >= 0.3 is 0 Å². The smallest absolute Gasteiger partial charge is 0.126 e. The summed E-state index contributed by atoms with van der Waals surface area (Å²) < 4.78 is 13.4. The zero-order valence-electron chi connectivity index (χ0n) is 8.31. The Bertz CT molecular complexity index is 388. The van der Waals surface area contributed by atoms with Gasteiger partial charge in [-0.2, -0.15) is 0 Å². The molecule has 0 radical (unpaired) electrons. The van der Waals surface area contributed by atoms with Crippen LogP contribution in [0.25, 0.3) is 0 Å². The van der Waals surface area contributed by atoms with E-state index in [1.54, 1.807) is 6.07 Å². The lowest BCUT2D eigenvalue weighted by atomic mass is 9.94. The number of benzene rings is 1. The van der Waals surface area contributed by atoms with E-state index in [1.165, 1.54) is 12.0 Å². The van der Waals surface area contributed by atoms with E-state index >= 15 is 0 Å². The van der Waals surface area contributed by atoms with Crippen molar-refractivity contribution >= 4 is 0 Å².